The average Bonchev–Trinajstić information content (AvgIpc) is 3.24. The van der Waals surface area contributed by atoms with Crippen LogP contribution >= 0.6 is 0 Å². The van der Waals surface area contributed by atoms with E-state index in [0.717, 1.165) is 29.5 Å². The highest BCUT2D eigenvalue weighted by Gasteiger charge is 2.42. The van der Waals surface area contributed by atoms with Crippen LogP contribution in [0.2, 0.25) is 0 Å². The molecule has 3 heterocycles. The average molecular weight is 541 g/mol. The van der Waals surface area contributed by atoms with Gasteiger partial charge in [-0.15, -0.1) is 0 Å². The van der Waals surface area contributed by atoms with Crippen LogP contribution in [-0.2, 0) is 30.4 Å². The van der Waals surface area contributed by atoms with Crippen molar-refractivity contribution in [3.63, 3.8) is 0 Å². The Bertz CT molecular complexity index is 1400. The fourth-order valence-electron chi connectivity index (χ4n) is 5.13. The molecule has 5 N–H and O–H groups in total. The normalized spacial score (nSPS) is 22.4. The Balaban J connectivity index is 1.25. The Hall–Kier alpha value is -3.48. The van der Waals surface area contributed by atoms with Crippen LogP contribution in [-0.4, -0.2) is 49.2 Å². The van der Waals surface area contributed by atoms with Gasteiger partial charge < -0.3 is 25.2 Å². The molecule has 2 aliphatic rings. The van der Waals surface area contributed by atoms with Crippen LogP contribution < -0.4 is 16.2 Å². The molecule has 11 heteroatoms. The zero-order valence-corrected chi connectivity index (χ0v) is 21.0. The van der Waals surface area contributed by atoms with E-state index in [1.807, 2.05) is 6.07 Å². The first kappa shape index (κ1) is 27.1. The van der Waals surface area contributed by atoms with Gasteiger partial charge in [0.15, 0.2) is 6.23 Å². The van der Waals surface area contributed by atoms with Crippen molar-refractivity contribution < 1.29 is 28.9 Å². The van der Waals surface area contributed by atoms with Crippen LogP contribution in [0.15, 0.2) is 71.7 Å². The molecule has 1 unspecified atom stereocenters. The number of pyridine rings is 1. The fourth-order valence-corrected chi connectivity index (χ4v) is 5.13. The number of aliphatic hydroxyl groups is 3. The third-order valence-corrected chi connectivity index (χ3v) is 7.29. The van der Waals surface area contributed by atoms with E-state index in [9.17, 15) is 24.9 Å². The Labute approximate surface area is 223 Å². The van der Waals surface area contributed by atoms with Gasteiger partial charge in [0.2, 0.25) is 5.91 Å². The van der Waals surface area contributed by atoms with E-state index in [2.05, 4.69) is 10.6 Å². The summed E-state index contributed by atoms with van der Waals surface area (Å²) in [6.45, 7) is 0.314. The maximum absolute atomic E-state index is 15.2. The molecule has 2 aromatic carbocycles. The van der Waals surface area contributed by atoms with Gasteiger partial charge in [-0.1, -0.05) is 48.5 Å². The topological polar surface area (TPSA) is 127 Å². The summed E-state index contributed by atoms with van der Waals surface area (Å²) < 4.78 is 31.5. The zero-order chi connectivity index (χ0) is 27.7. The van der Waals surface area contributed by atoms with Crippen LogP contribution in [0.3, 0.4) is 0 Å². The second-order valence-electron chi connectivity index (χ2n) is 9.97. The lowest BCUT2D eigenvalue weighted by atomic mass is 10.0. The summed E-state index contributed by atoms with van der Waals surface area (Å²) in [5, 5.41) is 35.7. The van der Waals surface area contributed by atoms with Gasteiger partial charge in [-0.3, -0.25) is 19.8 Å². The number of hydrogen-bond acceptors (Lipinski definition) is 7. The largest absolute Gasteiger partial charge is 0.374 e. The van der Waals surface area contributed by atoms with Gasteiger partial charge >= 0.3 is 5.92 Å². The Morgan fingerprint density at radius 2 is 1.79 bits per heavy atom. The molecule has 1 aromatic heterocycles. The van der Waals surface area contributed by atoms with Crippen LogP contribution in [0, 0.1) is 0 Å². The summed E-state index contributed by atoms with van der Waals surface area (Å²) in [5.41, 5.74) is 1.81. The van der Waals surface area contributed by atoms with E-state index in [-0.39, 0.29) is 25.5 Å². The van der Waals surface area contributed by atoms with Gasteiger partial charge in [0.1, 0.15) is 12.5 Å². The minimum Gasteiger partial charge on any atom is -0.374 e. The highest BCUT2D eigenvalue weighted by atomic mass is 19.3. The molecule has 5 rings (SSSR count). The highest BCUT2D eigenvalue weighted by molar-refractivity contribution is 5.82. The van der Waals surface area contributed by atoms with Gasteiger partial charge in [-0.05, 0) is 41.2 Å². The number of fused-ring (bicyclic) bond motifs is 1. The smallest absolute Gasteiger partial charge is 0.313 e. The van der Waals surface area contributed by atoms with Gasteiger partial charge in [-0.2, -0.15) is 8.78 Å². The predicted octanol–water partition coefficient (Wildman–Crippen LogP) is 1.50. The minimum atomic E-state index is -3.69. The Morgan fingerprint density at radius 3 is 2.54 bits per heavy atom. The van der Waals surface area contributed by atoms with Crippen molar-refractivity contribution in [2.24, 2.45) is 0 Å². The number of piperidine rings is 1. The molecule has 4 atom stereocenters. The van der Waals surface area contributed by atoms with E-state index in [4.69, 9.17) is 0 Å². The van der Waals surface area contributed by atoms with Crippen molar-refractivity contribution in [3.8, 4) is 0 Å². The van der Waals surface area contributed by atoms with Crippen molar-refractivity contribution >= 4 is 5.91 Å². The first-order valence-electron chi connectivity index (χ1n) is 12.7. The number of amides is 1. The molecule has 1 amide bonds. The zero-order valence-electron chi connectivity index (χ0n) is 21.0. The molecule has 0 aliphatic carbocycles. The number of carbonyl (C=O) groups is 1. The first-order valence-corrected chi connectivity index (χ1v) is 12.7. The molecule has 1 saturated heterocycles. The summed E-state index contributed by atoms with van der Waals surface area (Å²) >= 11 is 0. The number of alkyl halides is 2. The standard InChI is InChI=1S/C28H30F2N4O5/c29-28(30,20-7-11-24(36)33(16-20)14-17-4-2-1-3-5-17)27(39)31-13-18-6-8-21-19(12-18)15-34(26(21)38)22-9-10-23(35)32-25(22)37/h1-8,11-12,16,22-23,26-27,31,35,38-39H,9-10,13-15H2,(H,32,37)/t22?,23-,26-,27-/m0/s1. The van der Waals surface area contributed by atoms with Crippen LogP contribution in [0.5, 0.6) is 0 Å². The quantitative estimate of drug-likeness (QED) is 0.274. The molecule has 1 fully saturated rings. The third kappa shape index (κ3) is 5.63. The molecule has 0 spiro atoms. The monoisotopic (exact) mass is 540 g/mol. The summed E-state index contributed by atoms with van der Waals surface area (Å²) in [5.74, 6) is -4.04. The van der Waals surface area contributed by atoms with Crippen molar-refractivity contribution in [3.05, 3.63) is 105 Å². The Morgan fingerprint density at radius 1 is 1.03 bits per heavy atom. The maximum atomic E-state index is 15.2. The molecule has 206 valence electrons. The number of benzene rings is 2. The number of nitrogens with one attached hydrogen (secondary N) is 2. The molecular weight excluding hydrogens is 510 g/mol. The Kier molecular flexibility index (Phi) is 7.61. The molecule has 39 heavy (non-hydrogen) atoms. The van der Waals surface area contributed by atoms with Crippen LogP contribution in [0.25, 0.3) is 0 Å². The predicted molar refractivity (Wildman–Crippen MR) is 137 cm³/mol. The van der Waals surface area contributed by atoms with E-state index < -0.39 is 41.8 Å². The third-order valence-electron chi connectivity index (χ3n) is 7.29. The molecule has 9 nitrogen and oxygen atoms in total. The molecular formula is C28H30F2N4O5. The molecule has 0 bridgehead atoms. The van der Waals surface area contributed by atoms with E-state index in [1.54, 1.807) is 47.4 Å². The van der Waals surface area contributed by atoms with Crippen molar-refractivity contribution in [1.29, 1.82) is 0 Å². The van der Waals surface area contributed by atoms with Gasteiger partial charge in [0.05, 0.1) is 12.6 Å². The van der Waals surface area contributed by atoms with Crippen molar-refractivity contribution in [2.75, 3.05) is 0 Å². The number of aromatic nitrogens is 1. The molecule has 0 radical (unpaired) electrons. The summed E-state index contributed by atoms with van der Waals surface area (Å²) in [4.78, 5) is 26.2. The molecule has 0 saturated carbocycles. The lowest BCUT2D eigenvalue weighted by Gasteiger charge is -2.34. The van der Waals surface area contributed by atoms with Crippen LogP contribution in [0.1, 0.15) is 46.9 Å². The number of hydrogen-bond donors (Lipinski definition) is 5. The second kappa shape index (κ2) is 10.9. The second-order valence-corrected chi connectivity index (χ2v) is 9.97. The fraction of sp³-hybridized carbons (Fsp3) is 0.357. The van der Waals surface area contributed by atoms with Gasteiger partial charge in [-0.25, -0.2) is 0 Å². The number of aliphatic hydroxyl groups excluding tert-OH is 3. The number of rotatable bonds is 8. The molecule has 3 aromatic rings. The summed E-state index contributed by atoms with van der Waals surface area (Å²) in [6, 6.07) is 15.5. The molecule has 2 aliphatic heterocycles. The SMILES string of the molecule is O=C1N[C@@H](O)CCC1N1Cc2cc(CN[C@@H](O)C(F)(F)c3ccc(=O)n(Cc4ccccc4)c3)ccc2[C@@H]1O. The summed E-state index contributed by atoms with van der Waals surface area (Å²) in [6.07, 6.45) is -2.30. The van der Waals surface area contributed by atoms with Crippen molar-refractivity contribution in [2.45, 2.75) is 63.1 Å². The van der Waals surface area contributed by atoms with Gasteiger partial charge in [0.25, 0.3) is 5.56 Å². The van der Waals surface area contributed by atoms with Crippen molar-refractivity contribution in [1.82, 2.24) is 20.1 Å². The van der Waals surface area contributed by atoms with E-state index in [0.29, 0.717) is 24.0 Å². The minimum absolute atomic E-state index is 0.0834. The lowest BCUT2D eigenvalue weighted by molar-refractivity contribution is -0.139. The number of halogens is 2. The maximum Gasteiger partial charge on any atom is 0.313 e. The number of nitrogens with zero attached hydrogens (tertiary/aromatic N) is 2. The van der Waals surface area contributed by atoms with E-state index >= 15 is 8.78 Å². The van der Waals surface area contributed by atoms with E-state index in [1.165, 1.54) is 4.57 Å². The summed E-state index contributed by atoms with van der Waals surface area (Å²) in [7, 11) is 0. The highest BCUT2D eigenvalue weighted by Crippen LogP contribution is 2.36. The number of carbonyl (C=O) groups excluding carboxylic acids is 1. The lowest BCUT2D eigenvalue weighted by Crippen LogP contribution is -2.53. The van der Waals surface area contributed by atoms with Gasteiger partial charge in [0, 0.05) is 30.9 Å². The first-order chi connectivity index (χ1) is 18.6. The van der Waals surface area contributed by atoms with Crippen LogP contribution in [0.4, 0.5) is 8.78 Å².